The maximum Gasteiger partial charge on any atom is 0.236 e. The molecule has 1 amide bonds. The average Bonchev–Trinajstić information content (AvgIpc) is 2.63. The quantitative estimate of drug-likeness (QED) is 0.819. The van der Waals surface area contributed by atoms with Crippen molar-refractivity contribution in [2.75, 3.05) is 39.8 Å². The third-order valence-corrected chi connectivity index (χ3v) is 5.43. The molecule has 138 valence electrons. The van der Waals surface area contributed by atoms with Gasteiger partial charge in [0, 0.05) is 26.7 Å². The Morgan fingerprint density at radius 1 is 1.24 bits per heavy atom. The van der Waals surface area contributed by atoms with Crippen LogP contribution in [0.25, 0.3) is 0 Å². The van der Waals surface area contributed by atoms with Crippen LogP contribution in [-0.2, 0) is 9.53 Å². The minimum Gasteiger partial charge on any atom is -0.371 e. The van der Waals surface area contributed by atoms with E-state index in [0.717, 1.165) is 18.7 Å². The lowest BCUT2D eigenvalue weighted by molar-refractivity contribution is -0.133. The van der Waals surface area contributed by atoms with Crippen molar-refractivity contribution in [3.8, 4) is 0 Å². The fourth-order valence-corrected chi connectivity index (χ4v) is 3.90. The first-order valence-corrected chi connectivity index (χ1v) is 9.45. The van der Waals surface area contributed by atoms with Gasteiger partial charge in [-0.25, -0.2) is 4.39 Å². The molecule has 1 aromatic rings. The molecule has 0 radical (unpaired) electrons. The van der Waals surface area contributed by atoms with E-state index in [9.17, 15) is 9.18 Å². The summed E-state index contributed by atoms with van der Waals surface area (Å²) in [6, 6.07) is 6.45. The number of morpholine rings is 1. The number of carbonyl (C=O) groups excluding carboxylic acids is 1. The van der Waals surface area contributed by atoms with Gasteiger partial charge in [-0.1, -0.05) is 31.4 Å². The lowest BCUT2D eigenvalue weighted by atomic mass is 9.89. The molecule has 1 saturated carbocycles. The Hall–Kier alpha value is -1.46. The van der Waals surface area contributed by atoms with Gasteiger partial charge in [-0.2, -0.15) is 0 Å². The predicted octanol–water partition coefficient (Wildman–Crippen LogP) is 3.24. The number of halogens is 1. The zero-order valence-corrected chi connectivity index (χ0v) is 15.1. The summed E-state index contributed by atoms with van der Waals surface area (Å²) in [5.41, 5.74) is 0.967. The molecule has 1 saturated heterocycles. The van der Waals surface area contributed by atoms with Crippen LogP contribution in [-0.4, -0.2) is 55.5 Å². The van der Waals surface area contributed by atoms with E-state index >= 15 is 0 Å². The second kappa shape index (κ2) is 8.77. The molecule has 1 aliphatic heterocycles. The first-order chi connectivity index (χ1) is 12.1. The van der Waals surface area contributed by atoms with Gasteiger partial charge in [0.1, 0.15) is 5.82 Å². The highest BCUT2D eigenvalue weighted by Crippen LogP contribution is 2.25. The standard InChI is InChI=1S/C20H29FN2O2/c1-22(13-16-5-3-2-4-6-16)20(24)15-23-11-12-25-19(14-23)17-7-9-18(21)10-8-17/h7-10,16,19H,2-6,11-15H2,1H3. The minimum absolute atomic E-state index is 0.0919. The molecule has 1 heterocycles. The Kier molecular flexibility index (Phi) is 6.43. The van der Waals surface area contributed by atoms with Gasteiger partial charge in [0.05, 0.1) is 19.3 Å². The normalized spacial score (nSPS) is 22.7. The van der Waals surface area contributed by atoms with Crippen LogP contribution < -0.4 is 0 Å². The number of rotatable bonds is 5. The van der Waals surface area contributed by atoms with Crippen molar-refractivity contribution in [3.63, 3.8) is 0 Å². The van der Waals surface area contributed by atoms with E-state index in [2.05, 4.69) is 4.90 Å². The van der Waals surface area contributed by atoms with Crippen LogP contribution in [0.5, 0.6) is 0 Å². The van der Waals surface area contributed by atoms with Crippen LogP contribution in [0.1, 0.15) is 43.8 Å². The topological polar surface area (TPSA) is 32.8 Å². The van der Waals surface area contributed by atoms with Crippen LogP contribution in [0, 0.1) is 11.7 Å². The number of amides is 1. The number of likely N-dealkylation sites (N-methyl/N-ethyl adjacent to an activating group) is 1. The molecule has 25 heavy (non-hydrogen) atoms. The molecular formula is C20H29FN2O2. The molecule has 1 atom stereocenters. The summed E-state index contributed by atoms with van der Waals surface area (Å²) in [4.78, 5) is 16.6. The zero-order valence-electron chi connectivity index (χ0n) is 15.1. The third-order valence-electron chi connectivity index (χ3n) is 5.43. The van der Waals surface area contributed by atoms with Gasteiger partial charge in [-0.15, -0.1) is 0 Å². The first-order valence-electron chi connectivity index (χ1n) is 9.45. The second-order valence-corrected chi connectivity index (χ2v) is 7.42. The van der Waals surface area contributed by atoms with Crippen LogP contribution in [0.4, 0.5) is 4.39 Å². The highest BCUT2D eigenvalue weighted by atomic mass is 19.1. The second-order valence-electron chi connectivity index (χ2n) is 7.42. The summed E-state index contributed by atoms with van der Waals surface area (Å²) >= 11 is 0. The van der Waals surface area contributed by atoms with Crippen LogP contribution in [0.3, 0.4) is 0 Å². The Morgan fingerprint density at radius 2 is 1.96 bits per heavy atom. The van der Waals surface area contributed by atoms with Crippen molar-refractivity contribution in [2.45, 2.75) is 38.2 Å². The highest BCUT2D eigenvalue weighted by Gasteiger charge is 2.25. The van der Waals surface area contributed by atoms with Gasteiger partial charge < -0.3 is 9.64 Å². The Balaban J connectivity index is 1.49. The van der Waals surface area contributed by atoms with Gasteiger partial charge in [0.25, 0.3) is 0 Å². The number of nitrogens with zero attached hydrogens (tertiary/aromatic N) is 2. The van der Waals surface area contributed by atoms with Crippen molar-refractivity contribution in [1.29, 1.82) is 0 Å². The molecule has 3 rings (SSSR count). The molecule has 2 aliphatic rings. The number of hydrogen-bond acceptors (Lipinski definition) is 3. The first kappa shape index (κ1) is 18.3. The predicted molar refractivity (Wildman–Crippen MR) is 95.7 cm³/mol. The summed E-state index contributed by atoms with van der Waals surface area (Å²) in [5, 5.41) is 0. The van der Waals surface area contributed by atoms with Crippen molar-refractivity contribution >= 4 is 5.91 Å². The summed E-state index contributed by atoms with van der Waals surface area (Å²) in [6.07, 6.45) is 6.35. The Morgan fingerprint density at radius 3 is 2.68 bits per heavy atom. The van der Waals surface area contributed by atoms with Gasteiger partial charge in [0.15, 0.2) is 0 Å². The molecular weight excluding hydrogens is 319 g/mol. The lowest BCUT2D eigenvalue weighted by Crippen LogP contribution is -2.45. The van der Waals surface area contributed by atoms with Crippen molar-refractivity contribution in [1.82, 2.24) is 9.80 Å². The van der Waals surface area contributed by atoms with Gasteiger partial charge in [-0.3, -0.25) is 9.69 Å². The third kappa shape index (κ3) is 5.25. The van der Waals surface area contributed by atoms with Crippen molar-refractivity contribution < 1.29 is 13.9 Å². The highest BCUT2D eigenvalue weighted by molar-refractivity contribution is 5.78. The van der Waals surface area contributed by atoms with Gasteiger partial charge >= 0.3 is 0 Å². The number of hydrogen-bond donors (Lipinski definition) is 0. The average molecular weight is 348 g/mol. The van der Waals surface area contributed by atoms with E-state index in [1.807, 2.05) is 11.9 Å². The van der Waals surface area contributed by atoms with Gasteiger partial charge in [-0.05, 0) is 36.5 Å². The van der Waals surface area contributed by atoms with Crippen molar-refractivity contribution in [3.05, 3.63) is 35.6 Å². The molecule has 2 fully saturated rings. The zero-order chi connectivity index (χ0) is 17.6. The van der Waals surface area contributed by atoms with Crippen molar-refractivity contribution in [2.24, 2.45) is 5.92 Å². The molecule has 0 N–H and O–H groups in total. The molecule has 0 bridgehead atoms. The molecule has 0 spiro atoms. The number of ether oxygens (including phenoxy) is 1. The molecule has 4 nitrogen and oxygen atoms in total. The minimum atomic E-state index is -0.240. The summed E-state index contributed by atoms with van der Waals surface area (Å²) < 4.78 is 18.9. The fourth-order valence-electron chi connectivity index (χ4n) is 3.90. The SMILES string of the molecule is CN(CC1CCCCC1)C(=O)CN1CCOC(c2ccc(F)cc2)C1. The summed E-state index contributed by atoms with van der Waals surface area (Å²) in [7, 11) is 1.93. The smallest absolute Gasteiger partial charge is 0.236 e. The van der Waals surface area contributed by atoms with E-state index in [1.165, 1.54) is 44.2 Å². The number of benzene rings is 1. The van der Waals surface area contributed by atoms with E-state index in [0.29, 0.717) is 25.6 Å². The molecule has 5 heteroatoms. The molecule has 1 aromatic carbocycles. The Labute approximate surface area is 149 Å². The Bertz CT molecular complexity index is 557. The molecule has 1 aliphatic carbocycles. The lowest BCUT2D eigenvalue weighted by Gasteiger charge is -2.34. The van der Waals surface area contributed by atoms with Crippen LogP contribution >= 0.6 is 0 Å². The largest absolute Gasteiger partial charge is 0.371 e. The van der Waals surface area contributed by atoms with Crippen LogP contribution in [0.15, 0.2) is 24.3 Å². The van der Waals surface area contributed by atoms with E-state index in [-0.39, 0.29) is 17.8 Å². The maximum atomic E-state index is 13.1. The maximum absolute atomic E-state index is 13.1. The molecule has 1 unspecified atom stereocenters. The molecule has 0 aromatic heterocycles. The van der Waals surface area contributed by atoms with Gasteiger partial charge in [0.2, 0.25) is 5.91 Å². The fraction of sp³-hybridized carbons (Fsp3) is 0.650. The summed E-state index contributed by atoms with van der Waals surface area (Å²) in [5.74, 6) is 0.612. The monoisotopic (exact) mass is 348 g/mol. The summed E-state index contributed by atoms with van der Waals surface area (Å²) in [6.45, 7) is 3.35. The van der Waals surface area contributed by atoms with E-state index in [4.69, 9.17) is 4.74 Å². The van der Waals surface area contributed by atoms with Crippen LogP contribution in [0.2, 0.25) is 0 Å². The number of carbonyl (C=O) groups is 1. The van der Waals surface area contributed by atoms with E-state index in [1.54, 1.807) is 12.1 Å². The van der Waals surface area contributed by atoms with E-state index < -0.39 is 0 Å².